The molecule has 2 rings (SSSR count). The second kappa shape index (κ2) is 4.41. The molecular formula is C12H9ClO3. The molecule has 1 heterocycles. The highest BCUT2D eigenvalue weighted by Gasteiger charge is 2.11. The summed E-state index contributed by atoms with van der Waals surface area (Å²) in [5.41, 5.74) is 1.75. The van der Waals surface area contributed by atoms with Crippen LogP contribution in [0.3, 0.4) is 0 Å². The monoisotopic (exact) mass is 236 g/mol. The van der Waals surface area contributed by atoms with Gasteiger partial charge in [-0.15, -0.1) is 0 Å². The van der Waals surface area contributed by atoms with Gasteiger partial charge in [-0.05, 0) is 23.8 Å². The molecule has 1 aromatic carbocycles. The Morgan fingerprint density at radius 1 is 1.25 bits per heavy atom. The number of benzene rings is 1. The van der Waals surface area contributed by atoms with Crippen molar-refractivity contribution in [1.29, 1.82) is 0 Å². The third-order valence-corrected chi connectivity index (χ3v) is 2.42. The van der Waals surface area contributed by atoms with Gasteiger partial charge in [-0.25, -0.2) is 4.79 Å². The quantitative estimate of drug-likeness (QED) is 0.751. The van der Waals surface area contributed by atoms with Crippen LogP contribution in [0.25, 0.3) is 11.1 Å². The van der Waals surface area contributed by atoms with Crippen molar-refractivity contribution in [2.75, 3.05) is 7.11 Å². The van der Waals surface area contributed by atoms with Gasteiger partial charge in [0.2, 0.25) is 5.76 Å². The highest BCUT2D eigenvalue weighted by Crippen LogP contribution is 2.23. The van der Waals surface area contributed by atoms with E-state index in [0.717, 1.165) is 11.1 Å². The molecule has 0 spiro atoms. The lowest BCUT2D eigenvalue weighted by atomic mass is 10.1. The molecule has 3 nitrogen and oxygen atoms in total. The molecule has 0 saturated carbocycles. The standard InChI is InChI=1S/C12H9ClO3/c1-15-12(14)11-6-9(7-16-11)8-2-4-10(13)5-3-8/h2-7H,1H3. The van der Waals surface area contributed by atoms with Crippen molar-refractivity contribution < 1.29 is 13.9 Å². The maximum atomic E-state index is 11.2. The Bertz CT molecular complexity index is 499. The highest BCUT2D eigenvalue weighted by molar-refractivity contribution is 6.30. The van der Waals surface area contributed by atoms with E-state index >= 15 is 0 Å². The van der Waals surface area contributed by atoms with Crippen LogP contribution in [-0.4, -0.2) is 13.1 Å². The zero-order chi connectivity index (χ0) is 11.5. The van der Waals surface area contributed by atoms with Gasteiger partial charge in [0.1, 0.15) is 0 Å². The van der Waals surface area contributed by atoms with Crippen LogP contribution in [-0.2, 0) is 4.74 Å². The lowest BCUT2D eigenvalue weighted by Crippen LogP contribution is -1.98. The number of halogens is 1. The first kappa shape index (κ1) is 10.8. The van der Waals surface area contributed by atoms with E-state index in [4.69, 9.17) is 16.0 Å². The molecule has 0 aliphatic carbocycles. The third kappa shape index (κ3) is 2.09. The number of methoxy groups -OCH3 is 1. The molecule has 0 saturated heterocycles. The van der Waals surface area contributed by atoms with Crippen LogP contribution in [0.15, 0.2) is 41.0 Å². The summed E-state index contributed by atoms with van der Waals surface area (Å²) < 4.78 is 9.65. The first-order chi connectivity index (χ1) is 7.70. The largest absolute Gasteiger partial charge is 0.463 e. The van der Waals surface area contributed by atoms with Gasteiger partial charge in [-0.1, -0.05) is 23.7 Å². The van der Waals surface area contributed by atoms with Gasteiger partial charge in [0.05, 0.1) is 13.4 Å². The number of ether oxygens (including phenoxy) is 1. The Kier molecular flexibility index (Phi) is 2.97. The van der Waals surface area contributed by atoms with Crippen LogP contribution in [0, 0.1) is 0 Å². The molecule has 82 valence electrons. The van der Waals surface area contributed by atoms with Crippen LogP contribution in [0.4, 0.5) is 0 Å². The lowest BCUT2D eigenvalue weighted by molar-refractivity contribution is 0.0565. The fraction of sp³-hybridized carbons (Fsp3) is 0.0833. The van der Waals surface area contributed by atoms with Crippen molar-refractivity contribution >= 4 is 17.6 Å². The van der Waals surface area contributed by atoms with Crippen LogP contribution >= 0.6 is 11.6 Å². The van der Waals surface area contributed by atoms with Crippen molar-refractivity contribution in [1.82, 2.24) is 0 Å². The Hall–Kier alpha value is -1.74. The fourth-order valence-electron chi connectivity index (χ4n) is 1.34. The molecule has 0 amide bonds. The molecule has 4 heteroatoms. The molecule has 2 aromatic rings. The molecule has 1 aromatic heterocycles. The average Bonchev–Trinajstić information content (AvgIpc) is 2.78. The van der Waals surface area contributed by atoms with Gasteiger partial charge in [-0.2, -0.15) is 0 Å². The minimum atomic E-state index is -0.486. The van der Waals surface area contributed by atoms with Gasteiger partial charge in [0.15, 0.2) is 0 Å². The predicted octanol–water partition coefficient (Wildman–Crippen LogP) is 3.39. The van der Waals surface area contributed by atoms with Gasteiger partial charge >= 0.3 is 5.97 Å². The number of rotatable bonds is 2. The molecule has 0 N–H and O–H groups in total. The van der Waals surface area contributed by atoms with Crippen LogP contribution < -0.4 is 0 Å². The Morgan fingerprint density at radius 3 is 2.56 bits per heavy atom. The summed E-state index contributed by atoms with van der Waals surface area (Å²) >= 11 is 5.78. The Morgan fingerprint density at radius 2 is 1.94 bits per heavy atom. The highest BCUT2D eigenvalue weighted by atomic mass is 35.5. The minimum absolute atomic E-state index is 0.187. The topological polar surface area (TPSA) is 39.4 Å². The molecular weight excluding hydrogens is 228 g/mol. The Balaban J connectivity index is 2.31. The number of furan rings is 1. The molecule has 16 heavy (non-hydrogen) atoms. The predicted molar refractivity (Wildman–Crippen MR) is 60.5 cm³/mol. The number of hydrogen-bond acceptors (Lipinski definition) is 3. The van der Waals surface area contributed by atoms with Crippen LogP contribution in [0.1, 0.15) is 10.6 Å². The molecule has 0 unspecified atom stereocenters. The molecule has 0 atom stereocenters. The van der Waals surface area contributed by atoms with Gasteiger partial charge in [0, 0.05) is 10.6 Å². The summed E-state index contributed by atoms with van der Waals surface area (Å²) in [7, 11) is 1.31. The van der Waals surface area contributed by atoms with Crippen LogP contribution in [0.2, 0.25) is 5.02 Å². The number of carbonyl (C=O) groups excluding carboxylic acids is 1. The van der Waals surface area contributed by atoms with Crippen molar-refractivity contribution in [3.8, 4) is 11.1 Å². The zero-order valence-corrected chi connectivity index (χ0v) is 9.32. The number of esters is 1. The van der Waals surface area contributed by atoms with E-state index in [1.54, 1.807) is 18.2 Å². The summed E-state index contributed by atoms with van der Waals surface area (Å²) in [6, 6.07) is 8.90. The normalized spacial score (nSPS) is 10.1. The summed E-state index contributed by atoms with van der Waals surface area (Å²) in [6.45, 7) is 0. The molecule has 0 aliphatic heterocycles. The lowest BCUT2D eigenvalue weighted by Gasteiger charge is -1.95. The smallest absolute Gasteiger partial charge is 0.373 e. The SMILES string of the molecule is COC(=O)c1cc(-c2ccc(Cl)cc2)co1. The number of carbonyl (C=O) groups is 1. The molecule has 0 bridgehead atoms. The molecule has 0 fully saturated rings. The van der Waals surface area contributed by atoms with Crippen molar-refractivity contribution in [3.63, 3.8) is 0 Å². The zero-order valence-electron chi connectivity index (χ0n) is 8.57. The minimum Gasteiger partial charge on any atom is -0.463 e. The second-order valence-corrected chi connectivity index (χ2v) is 3.63. The van der Waals surface area contributed by atoms with E-state index in [1.807, 2.05) is 12.1 Å². The maximum absolute atomic E-state index is 11.2. The second-order valence-electron chi connectivity index (χ2n) is 3.20. The van der Waals surface area contributed by atoms with Crippen molar-refractivity contribution in [2.24, 2.45) is 0 Å². The van der Waals surface area contributed by atoms with Gasteiger partial charge in [-0.3, -0.25) is 0 Å². The Labute approximate surface area is 97.6 Å². The average molecular weight is 237 g/mol. The van der Waals surface area contributed by atoms with E-state index < -0.39 is 5.97 Å². The summed E-state index contributed by atoms with van der Waals surface area (Å²) in [6.07, 6.45) is 1.51. The molecule has 0 radical (unpaired) electrons. The van der Waals surface area contributed by atoms with Gasteiger partial charge < -0.3 is 9.15 Å². The van der Waals surface area contributed by atoms with Crippen LogP contribution in [0.5, 0.6) is 0 Å². The van der Waals surface area contributed by atoms with E-state index in [-0.39, 0.29) is 5.76 Å². The first-order valence-electron chi connectivity index (χ1n) is 4.63. The van der Waals surface area contributed by atoms with E-state index in [9.17, 15) is 4.79 Å². The fourth-order valence-corrected chi connectivity index (χ4v) is 1.46. The van der Waals surface area contributed by atoms with E-state index in [1.165, 1.54) is 13.4 Å². The van der Waals surface area contributed by atoms with Crippen molar-refractivity contribution in [3.05, 3.63) is 47.4 Å². The summed E-state index contributed by atoms with van der Waals surface area (Å²) in [4.78, 5) is 11.2. The summed E-state index contributed by atoms with van der Waals surface area (Å²) in [5, 5.41) is 0.667. The summed E-state index contributed by atoms with van der Waals surface area (Å²) in [5.74, 6) is -0.298. The molecule has 0 aliphatic rings. The van der Waals surface area contributed by atoms with E-state index in [2.05, 4.69) is 4.74 Å². The third-order valence-electron chi connectivity index (χ3n) is 2.16. The maximum Gasteiger partial charge on any atom is 0.373 e. The van der Waals surface area contributed by atoms with Gasteiger partial charge in [0.25, 0.3) is 0 Å². The first-order valence-corrected chi connectivity index (χ1v) is 5.01. The number of hydrogen-bond donors (Lipinski definition) is 0. The van der Waals surface area contributed by atoms with E-state index in [0.29, 0.717) is 5.02 Å². The van der Waals surface area contributed by atoms with Crippen molar-refractivity contribution in [2.45, 2.75) is 0 Å².